The van der Waals surface area contributed by atoms with Crippen molar-refractivity contribution in [1.82, 2.24) is 20.4 Å². The number of carboxylic acids is 1. The second-order valence-electron chi connectivity index (χ2n) is 13.1. The summed E-state index contributed by atoms with van der Waals surface area (Å²) in [5, 5.41) is 15.5. The van der Waals surface area contributed by atoms with E-state index in [0.717, 1.165) is 28.3 Å². The number of methoxy groups -OCH3 is 1. The van der Waals surface area contributed by atoms with Gasteiger partial charge in [0.1, 0.15) is 12.1 Å². The van der Waals surface area contributed by atoms with Crippen LogP contribution in [0.1, 0.15) is 50.7 Å². The zero-order valence-electron chi connectivity index (χ0n) is 30.9. The number of nitrogens with zero attached hydrogens (tertiary/aromatic N) is 2. The SMILES string of the molecule is CC[C@H](C)[C@@H](CN(CC(=O)N[C@@H](CCSC)C(=O)OC)Cc1cccc2ccccc12)NC(=O)[C@@H]1CCC(=O)N1Cc1ccccc1.O=C(O)C(F)(F)F. The van der Waals surface area contributed by atoms with Gasteiger partial charge in [-0.15, -0.1) is 0 Å². The van der Waals surface area contributed by atoms with Gasteiger partial charge < -0.3 is 25.4 Å². The van der Waals surface area contributed by atoms with Crippen molar-refractivity contribution in [3.63, 3.8) is 0 Å². The molecule has 0 spiro atoms. The maximum Gasteiger partial charge on any atom is 0.490 e. The maximum atomic E-state index is 13.9. The largest absolute Gasteiger partial charge is 0.490 e. The molecule has 294 valence electrons. The summed E-state index contributed by atoms with van der Waals surface area (Å²) in [6.07, 6.45) is -1.04. The van der Waals surface area contributed by atoms with Gasteiger partial charge in [0.05, 0.1) is 13.7 Å². The zero-order chi connectivity index (χ0) is 39.8. The fraction of sp³-hybridized carbons (Fsp3) is 0.462. The second kappa shape index (κ2) is 21.3. The number of carbonyl (C=O) groups excluding carboxylic acids is 4. The molecule has 4 atom stereocenters. The highest BCUT2D eigenvalue weighted by Gasteiger charge is 2.39. The molecule has 11 nitrogen and oxygen atoms in total. The summed E-state index contributed by atoms with van der Waals surface area (Å²) in [4.78, 5) is 65.3. The Balaban J connectivity index is 0.00000102. The molecule has 0 radical (unpaired) electrons. The van der Waals surface area contributed by atoms with Gasteiger partial charge in [-0.05, 0) is 52.7 Å². The molecule has 1 fully saturated rings. The van der Waals surface area contributed by atoms with Crippen molar-refractivity contribution < 1.29 is 47.0 Å². The third-order valence-corrected chi connectivity index (χ3v) is 9.90. The monoisotopic (exact) mass is 774 g/mol. The van der Waals surface area contributed by atoms with E-state index in [2.05, 4.69) is 48.7 Å². The number of rotatable bonds is 17. The summed E-state index contributed by atoms with van der Waals surface area (Å²) in [6.45, 7) is 5.47. The predicted molar refractivity (Wildman–Crippen MR) is 201 cm³/mol. The van der Waals surface area contributed by atoms with Gasteiger partial charge >= 0.3 is 18.1 Å². The van der Waals surface area contributed by atoms with Crippen LogP contribution in [-0.4, -0.2) is 101 Å². The second-order valence-corrected chi connectivity index (χ2v) is 14.1. The molecule has 3 amide bonds. The fourth-order valence-corrected chi connectivity index (χ4v) is 6.59. The van der Waals surface area contributed by atoms with Crippen molar-refractivity contribution in [2.45, 2.75) is 76.9 Å². The van der Waals surface area contributed by atoms with Crippen molar-refractivity contribution in [1.29, 1.82) is 0 Å². The van der Waals surface area contributed by atoms with Crippen molar-refractivity contribution in [3.05, 3.63) is 83.9 Å². The third kappa shape index (κ3) is 13.3. The molecular weight excluding hydrogens is 726 g/mol. The van der Waals surface area contributed by atoms with E-state index in [1.807, 2.05) is 59.7 Å². The molecule has 1 heterocycles. The average molecular weight is 775 g/mol. The lowest BCUT2D eigenvalue weighted by Gasteiger charge is -2.33. The van der Waals surface area contributed by atoms with Gasteiger partial charge in [0.25, 0.3) is 0 Å². The first kappa shape index (κ1) is 43.8. The Kier molecular flexibility index (Phi) is 17.3. The summed E-state index contributed by atoms with van der Waals surface area (Å²) in [5.74, 6) is -2.91. The highest BCUT2D eigenvalue weighted by atomic mass is 32.2. The number of esters is 1. The van der Waals surface area contributed by atoms with Crippen LogP contribution < -0.4 is 10.6 Å². The average Bonchev–Trinajstić information content (AvgIpc) is 3.51. The van der Waals surface area contributed by atoms with Crippen LogP contribution in [0.2, 0.25) is 0 Å². The normalized spacial score (nSPS) is 15.9. The number of carboxylic acid groups (broad SMARTS) is 1. The van der Waals surface area contributed by atoms with Crippen LogP contribution in [0.5, 0.6) is 0 Å². The molecule has 4 rings (SSSR count). The van der Waals surface area contributed by atoms with Gasteiger partial charge in [-0.1, -0.05) is 93.1 Å². The Morgan fingerprint density at radius 1 is 1.02 bits per heavy atom. The molecule has 0 unspecified atom stereocenters. The molecule has 1 aliphatic heterocycles. The predicted octanol–water partition coefficient (Wildman–Crippen LogP) is 5.41. The van der Waals surface area contributed by atoms with Gasteiger partial charge in [-0.25, -0.2) is 9.59 Å². The number of fused-ring (bicyclic) bond motifs is 1. The first-order chi connectivity index (χ1) is 25.7. The number of thioether (sulfide) groups is 1. The molecular formula is C39H49F3N4O7S. The summed E-state index contributed by atoms with van der Waals surface area (Å²) in [6, 6.07) is 22.4. The van der Waals surface area contributed by atoms with Gasteiger partial charge in [0.2, 0.25) is 17.7 Å². The number of ether oxygens (including phenoxy) is 1. The van der Waals surface area contributed by atoms with Crippen LogP contribution in [-0.2, 0) is 41.8 Å². The van der Waals surface area contributed by atoms with E-state index in [0.29, 0.717) is 44.6 Å². The first-order valence-electron chi connectivity index (χ1n) is 17.7. The molecule has 0 aromatic heterocycles. The lowest BCUT2D eigenvalue weighted by atomic mass is 9.97. The van der Waals surface area contributed by atoms with Crippen LogP contribution in [0.25, 0.3) is 10.8 Å². The van der Waals surface area contributed by atoms with E-state index in [1.54, 1.807) is 16.7 Å². The summed E-state index contributed by atoms with van der Waals surface area (Å²) >= 11 is 1.60. The number of carbonyl (C=O) groups is 5. The van der Waals surface area contributed by atoms with Crippen LogP contribution in [0.4, 0.5) is 13.2 Å². The summed E-state index contributed by atoms with van der Waals surface area (Å²) in [7, 11) is 1.33. The molecule has 0 aliphatic carbocycles. The molecule has 15 heteroatoms. The summed E-state index contributed by atoms with van der Waals surface area (Å²) in [5.41, 5.74) is 2.04. The standard InChI is InChI=1S/C37H48N4O5S.C2HF3O2/c1-5-26(2)32(39-36(44)33-18-19-35(43)41(33)22-27-12-7-6-8-13-27)24-40(23-29-16-11-15-28-14-9-10-17-30(28)29)25-34(42)38-31(20-21-47-4)37(45)46-3;3-2(4,5)1(6)7/h6-17,26,31-33H,5,18-25H2,1-4H3,(H,38,42)(H,39,44);(H,6,7)/t26-,31-,32+,33-;/m0./s1. The quantitative estimate of drug-likeness (QED) is 0.154. The highest BCUT2D eigenvalue weighted by molar-refractivity contribution is 7.98. The molecule has 0 bridgehead atoms. The number of benzene rings is 3. The van der Waals surface area contributed by atoms with Crippen molar-refractivity contribution >= 4 is 52.2 Å². The first-order valence-corrected chi connectivity index (χ1v) is 19.1. The molecule has 3 N–H and O–H groups in total. The zero-order valence-corrected chi connectivity index (χ0v) is 31.8. The fourth-order valence-electron chi connectivity index (χ4n) is 6.12. The number of hydrogen-bond donors (Lipinski definition) is 3. The molecule has 0 saturated carbocycles. The van der Waals surface area contributed by atoms with Gasteiger partial charge in [-0.2, -0.15) is 24.9 Å². The number of amides is 3. The van der Waals surface area contributed by atoms with E-state index >= 15 is 0 Å². The van der Waals surface area contributed by atoms with E-state index < -0.39 is 30.2 Å². The van der Waals surface area contributed by atoms with E-state index in [-0.39, 0.29) is 36.2 Å². The maximum absolute atomic E-state index is 13.9. The molecule has 1 aliphatic rings. The Bertz CT molecular complexity index is 1710. The lowest BCUT2D eigenvalue weighted by molar-refractivity contribution is -0.192. The Hall–Kier alpha value is -4.63. The number of aliphatic carboxylic acids is 1. The van der Waals surface area contributed by atoms with Gasteiger partial charge in [-0.3, -0.25) is 19.3 Å². The Labute approximate surface area is 318 Å². The lowest BCUT2D eigenvalue weighted by Crippen LogP contribution is -2.54. The van der Waals surface area contributed by atoms with E-state index in [1.165, 1.54) is 7.11 Å². The smallest absolute Gasteiger partial charge is 0.475 e. The van der Waals surface area contributed by atoms with E-state index in [4.69, 9.17) is 14.6 Å². The number of nitrogens with one attached hydrogen (secondary N) is 2. The minimum absolute atomic E-state index is 0.0232. The van der Waals surface area contributed by atoms with Gasteiger partial charge in [0, 0.05) is 32.1 Å². The Morgan fingerprint density at radius 3 is 2.30 bits per heavy atom. The molecule has 1 saturated heterocycles. The third-order valence-electron chi connectivity index (χ3n) is 9.26. The van der Waals surface area contributed by atoms with Crippen LogP contribution in [0, 0.1) is 5.92 Å². The van der Waals surface area contributed by atoms with E-state index in [9.17, 15) is 32.3 Å². The topological polar surface area (TPSA) is 145 Å². The van der Waals surface area contributed by atoms with Crippen molar-refractivity contribution in [2.24, 2.45) is 5.92 Å². The highest BCUT2D eigenvalue weighted by Crippen LogP contribution is 2.24. The van der Waals surface area contributed by atoms with Crippen LogP contribution >= 0.6 is 11.8 Å². The van der Waals surface area contributed by atoms with Gasteiger partial charge in [0.15, 0.2) is 0 Å². The molecule has 54 heavy (non-hydrogen) atoms. The van der Waals surface area contributed by atoms with Crippen molar-refractivity contribution in [2.75, 3.05) is 32.2 Å². The minimum Gasteiger partial charge on any atom is -0.475 e. The minimum atomic E-state index is -5.08. The number of halogens is 3. The number of hydrogen-bond acceptors (Lipinski definition) is 8. The Morgan fingerprint density at radius 2 is 1.67 bits per heavy atom. The number of alkyl halides is 3. The molecule has 3 aromatic rings. The number of likely N-dealkylation sites (tertiary alicyclic amines) is 1. The van der Waals surface area contributed by atoms with Crippen LogP contribution in [0.15, 0.2) is 72.8 Å². The van der Waals surface area contributed by atoms with Crippen LogP contribution in [0.3, 0.4) is 0 Å². The van der Waals surface area contributed by atoms with Crippen molar-refractivity contribution in [3.8, 4) is 0 Å². The molecule has 3 aromatic carbocycles. The summed E-state index contributed by atoms with van der Waals surface area (Å²) < 4.78 is 36.7.